The lowest BCUT2D eigenvalue weighted by molar-refractivity contribution is 0.283. The van der Waals surface area contributed by atoms with Crippen LogP contribution in [0.5, 0.6) is 0 Å². The lowest BCUT2D eigenvalue weighted by Gasteiger charge is -2.26. The molecule has 0 atom stereocenters. The Bertz CT molecular complexity index is 642. The number of hydrogen-bond acceptors (Lipinski definition) is 3. The van der Waals surface area contributed by atoms with Crippen LogP contribution in [0.15, 0.2) is 35.9 Å². The average Bonchev–Trinajstić information content (AvgIpc) is 2.83. The van der Waals surface area contributed by atoms with E-state index >= 15 is 0 Å². The van der Waals surface area contributed by atoms with Crippen LogP contribution in [0.4, 0.5) is 0 Å². The number of nitrogens with zero attached hydrogens (tertiary/aromatic N) is 1. The molecule has 2 nitrogen and oxygen atoms in total. The fourth-order valence-electron chi connectivity index (χ4n) is 3.05. The van der Waals surface area contributed by atoms with Crippen LogP contribution in [0, 0.1) is 0 Å². The Morgan fingerprint density at radius 1 is 1.29 bits per heavy atom. The van der Waals surface area contributed by atoms with Crippen molar-refractivity contribution in [2.45, 2.75) is 33.4 Å². The maximum Gasteiger partial charge on any atom is 0.0349 e. The molecule has 0 saturated carbocycles. The lowest BCUT2D eigenvalue weighted by Crippen LogP contribution is -2.29. The van der Waals surface area contributed by atoms with Gasteiger partial charge in [-0.2, -0.15) is 0 Å². The molecule has 0 spiro atoms. The molecule has 0 saturated heterocycles. The first-order valence-electron chi connectivity index (χ1n) is 7.86. The van der Waals surface area contributed by atoms with Crippen molar-refractivity contribution in [1.82, 2.24) is 10.2 Å². The normalized spacial score (nSPS) is 16.4. The maximum atomic E-state index is 3.49. The van der Waals surface area contributed by atoms with Gasteiger partial charge in [-0.1, -0.05) is 36.8 Å². The second kappa shape index (κ2) is 6.73. The van der Waals surface area contributed by atoms with Gasteiger partial charge in [-0.05, 0) is 36.9 Å². The number of benzene rings is 1. The van der Waals surface area contributed by atoms with Crippen molar-refractivity contribution in [3.63, 3.8) is 0 Å². The predicted molar refractivity (Wildman–Crippen MR) is 92.9 cm³/mol. The molecule has 1 N–H and O–H groups in total. The Kier molecular flexibility index (Phi) is 4.73. The average molecular weight is 300 g/mol. The van der Waals surface area contributed by atoms with E-state index in [0.717, 1.165) is 26.2 Å². The van der Waals surface area contributed by atoms with Crippen LogP contribution >= 0.6 is 11.3 Å². The highest BCUT2D eigenvalue weighted by molar-refractivity contribution is 7.19. The maximum absolute atomic E-state index is 3.49. The molecule has 0 bridgehead atoms. The second-order valence-electron chi connectivity index (χ2n) is 5.83. The Morgan fingerprint density at radius 3 is 2.95 bits per heavy atom. The van der Waals surface area contributed by atoms with Gasteiger partial charge in [0, 0.05) is 35.8 Å². The summed E-state index contributed by atoms with van der Waals surface area (Å²) in [4.78, 5) is 4.09. The van der Waals surface area contributed by atoms with Crippen LogP contribution in [0.1, 0.15) is 30.7 Å². The van der Waals surface area contributed by atoms with Crippen molar-refractivity contribution in [2.75, 3.05) is 19.6 Å². The van der Waals surface area contributed by atoms with E-state index in [0.29, 0.717) is 0 Å². The van der Waals surface area contributed by atoms with Gasteiger partial charge < -0.3 is 5.32 Å². The monoisotopic (exact) mass is 300 g/mol. The summed E-state index contributed by atoms with van der Waals surface area (Å²) in [5, 5.41) is 4.94. The molecule has 0 radical (unpaired) electrons. The third kappa shape index (κ3) is 3.37. The second-order valence-corrected chi connectivity index (χ2v) is 6.97. The number of thiophene rings is 1. The van der Waals surface area contributed by atoms with Gasteiger partial charge in [0.25, 0.3) is 0 Å². The molecule has 3 rings (SSSR count). The Labute approximate surface area is 131 Å². The van der Waals surface area contributed by atoms with Crippen molar-refractivity contribution in [3.05, 3.63) is 46.4 Å². The summed E-state index contributed by atoms with van der Waals surface area (Å²) in [5.41, 5.74) is 3.04. The van der Waals surface area contributed by atoms with Crippen molar-refractivity contribution >= 4 is 21.4 Å². The fourth-order valence-corrected chi connectivity index (χ4v) is 4.24. The molecule has 3 heteroatoms. The lowest BCUT2D eigenvalue weighted by atomic mass is 10.1. The molecule has 0 aliphatic carbocycles. The van der Waals surface area contributed by atoms with E-state index in [1.54, 1.807) is 0 Å². The molecule has 0 amide bonds. The molecular weight excluding hydrogens is 276 g/mol. The van der Waals surface area contributed by atoms with Gasteiger partial charge in [0.2, 0.25) is 0 Å². The molecule has 21 heavy (non-hydrogen) atoms. The van der Waals surface area contributed by atoms with E-state index < -0.39 is 0 Å². The van der Waals surface area contributed by atoms with E-state index in [9.17, 15) is 0 Å². The first-order chi connectivity index (χ1) is 10.3. The minimum atomic E-state index is 0.994. The zero-order valence-electron chi connectivity index (χ0n) is 13.0. The van der Waals surface area contributed by atoms with E-state index in [1.165, 1.54) is 39.1 Å². The quantitative estimate of drug-likeness (QED) is 0.834. The van der Waals surface area contributed by atoms with Crippen molar-refractivity contribution < 1.29 is 0 Å². The fraction of sp³-hybridized carbons (Fsp3) is 0.444. The van der Waals surface area contributed by atoms with Crippen LogP contribution in [-0.4, -0.2) is 24.5 Å². The molecular formula is C18H24N2S. The largest absolute Gasteiger partial charge is 0.312 e. The summed E-state index contributed by atoms with van der Waals surface area (Å²) in [6.07, 6.45) is 3.57. The number of hydrogen-bond donors (Lipinski definition) is 1. The van der Waals surface area contributed by atoms with Gasteiger partial charge >= 0.3 is 0 Å². The number of rotatable bonds is 5. The van der Waals surface area contributed by atoms with E-state index in [-0.39, 0.29) is 0 Å². The van der Waals surface area contributed by atoms with Crippen molar-refractivity contribution in [3.8, 4) is 0 Å². The van der Waals surface area contributed by atoms with Crippen LogP contribution in [-0.2, 0) is 13.1 Å². The smallest absolute Gasteiger partial charge is 0.0349 e. The SMILES string of the molecule is CCNCc1sc2ccccc2c1CN1CCC=C(C)C1. The van der Waals surface area contributed by atoms with E-state index in [4.69, 9.17) is 0 Å². The van der Waals surface area contributed by atoms with Gasteiger partial charge in [-0.25, -0.2) is 0 Å². The zero-order valence-corrected chi connectivity index (χ0v) is 13.8. The molecule has 1 aliphatic heterocycles. The molecule has 0 fully saturated rings. The standard InChI is InChI=1S/C18H24N2S/c1-3-19-11-18-16(13-20-10-6-7-14(2)12-20)15-8-4-5-9-17(15)21-18/h4-5,7-9,19H,3,6,10-13H2,1-2H3. The Morgan fingerprint density at radius 2 is 2.14 bits per heavy atom. The zero-order chi connectivity index (χ0) is 14.7. The Hall–Kier alpha value is -1.16. The van der Waals surface area contributed by atoms with Gasteiger partial charge in [0.1, 0.15) is 0 Å². The van der Waals surface area contributed by atoms with Crippen molar-refractivity contribution in [1.29, 1.82) is 0 Å². The number of fused-ring (bicyclic) bond motifs is 1. The summed E-state index contributed by atoms with van der Waals surface area (Å²) in [6.45, 7) is 9.82. The molecule has 2 aromatic rings. The third-order valence-electron chi connectivity index (χ3n) is 4.11. The predicted octanol–water partition coefficient (Wildman–Crippen LogP) is 4.16. The van der Waals surface area contributed by atoms with E-state index in [1.807, 2.05) is 11.3 Å². The van der Waals surface area contributed by atoms with E-state index in [2.05, 4.69) is 54.4 Å². The molecule has 1 aromatic carbocycles. The van der Waals surface area contributed by atoms with Gasteiger partial charge in [-0.3, -0.25) is 4.90 Å². The summed E-state index contributed by atoms with van der Waals surface area (Å²) >= 11 is 1.95. The summed E-state index contributed by atoms with van der Waals surface area (Å²) in [7, 11) is 0. The summed E-state index contributed by atoms with van der Waals surface area (Å²) in [6, 6.07) is 8.84. The minimum Gasteiger partial charge on any atom is -0.312 e. The van der Waals surface area contributed by atoms with Crippen LogP contribution < -0.4 is 5.32 Å². The highest BCUT2D eigenvalue weighted by atomic mass is 32.1. The first-order valence-corrected chi connectivity index (χ1v) is 8.67. The van der Waals surface area contributed by atoms with Gasteiger partial charge in [0.15, 0.2) is 0 Å². The van der Waals surface area contributed by atoms with Gasteiger partial charge in [0.05, 0.1) is 0 Å². The third-order valence-corrected chi connectivity index (χ3v) is 5.32. The van der Waals surface area contributed by atoms with Crippen molar-refractivity contribution in [2.24, 2.45) is 0 Å². The van der Waals surface area contributed by atoms with Gasteiger partial charge in [-0.15, -0.1) is 11.3 Å². The van der Waals surface area contributed by atoms with Crippen LogP contribution in [0.25, 0.3) is 10.1 Å². The minimum absolute atomic E-state index is 0.994. The summed E-state index contributed by atoms with van der Waals surface area (Å²) < 4.78 is 1.42. The highest BCUT2D eigenvalue weighted by Crippen LogP contribution is 2.32. The topological polar surface area (TPSA) is 15.3 Å². The number of nitrogens with one attached hydrogen (secondary N) is 1. The molecule has 112 valence electrons. The Balaban J connectivity index is 1.89. The highest BCUT2D eigenvalue weighted by Gasteiger charge is 2.16. The molecule has 2 heterocycles. The molecule has 0 unspecified atom stereocenters. The van der Waals surface area contributed by atoms with Crippen LogP contribution in [0.2, 0.25) is 0 Å². The molecule has 1 aliphatic rings. The van der Waals surface area contributed by atoms with Crippen LogP contribution in [0.3, 0.4) is 0 Å². The summed E-state index contributed by atoms with van der Waals surface area (Å²) in [5.74, 6) is 0. The first kappa shape index (κ1) is 14.8. The molecule has 1 aromatic heterocycles.